The van der Waals surface area contributed by atoms with E-state index < -0.39 is 10.8 Å². The van der Waals surface area contributed by atoms with Crippen LogP contribution >= 0.6 is 0 Å². The fourth-order valence-electron chi connectivity index (χ4n) is 3.22. The summed E-state index contributed by atoms with van der Waals surface area (Å²) in [6.45, 7) is 6.63. The van der Waals surface area contributed by atoms with E-state index in [0.717, 1.165) is 0 Å². The van der Waals surface area contributed by atoms with Crippen molar-refractivity contribution in [1.29, 1.82) is 0 Å². The number of benzene rings is 1. The van der Waals surface area contributed by atoms with E-state index >= 15 is 0 Å². The molecule has 0 unspecified atom stereocenters. The van der Waals surface area contributed by atoms with Gasteiger partial charge >= 0.3 is 0 Å². The maximum absolute atomic E-state index is 13.0. The first-order valence-corrected chi connectivity index (χ1v) is 9.37. The summed E-state index contributed by atoms with van der Waals surface area (Å²) in [5, 5.41) is 14.4. The molecule has 1 aliphatic rings. The van der Waals surface area contributed by atoms with Crippen molar-refractivity contribution >= 4 is 17.5 Å². The number of nitro benzene ring substituents is 1. The number of ether oxygens (including phenoxy) is 2. The summed E-state index contributed by atoms with van der Waals surface area (Å²) in [4.78, 5) is 37.5. The van der Waals surface area contributed by atoms with Gasteiger partial charge in [-0.3, -0.25) is 19.7 Å². The Balaban J connectivity index is 2.21. The molecule has 1 N–H and O–H groups in total. The van der Waals surface area contributed by atoms with Gasteiger partial charge in [-0.2, -0.15) is 0 Å². The van der Waals surface area contributed by atoms with Gasteiger partial charge in [0.25, 0.3) is 11.6 Å². The quantitative estimate of drug-likeness (QED) is 0.562. The summed E-state index contributed by atoms with van der Waals surface area (Å²) in [5.41, 5.74) is -0.371. The van der Waals surface area contributed by atoms with E-state index in [0.29, 0.717) is 32.5 Å². The van der Waals surface area contributed by atoms with Crippen LogP contribution in [0.3, 0.4) is 0 Å². The zero-order valence-electron chi connectivity index (χ0n) is 16.7. The van der Waals surface area contributed by atoms with Gasteiger partial charge < -0.3 is 19.7 Å². The van der Waals surface area contributed by atoms with Gasteiger partial charge in [0, 0.05) is 31.1 Å². The van der Waals surface area contributed by atoms with Crippen LogP contribution in [-0.4, -0.2) is 54.5 Å². The number of likely N-dealkylation sites (tertiary alicyclic amines) is 1. The maximum atomic E-state index is 13.0. The van der Waals surface area contributed by atoms with Gasteiger partial charge in [-0.25, -0.2) is 0 Å². The second-order valence-electron chi connectivity index (χ2n) is 6.94. The number of hydrogen-bond acceptors (Lipinski definition) is 6. The van der Waals surface area contributed by atoms with E-state index in [1.807, 2.05) is 13.8 Å². The number of nitro groups is 1. The first-order chi connectivity index (χ1) is 13.3. The summed E-state index contributed by atoms with van der Waals surface area (Å²) >= 11 is 0. The van der Waals surface area contributed by atoms with Crippen molar-refractivity contribution in [1.82, 2.24) is 10.2 Å². The van der Waals surface area contributed by atoms with Gasteiger partial charge in [-0.05, 0) is 33.6 Å². The smallest absolute Gasteiger partial charge is 0.286 e. The summed E-state index contributed by atoms with van der Waals surface area (Å²) in [7, 11) is 1.38. The molecule has 1 saturated heterocycles. The molecule has 1 fully saturated rings. The van der Waals surface area contributed by atoms with E-state index in [4.69, 9.17) is 9.47 Å². The molecular formula is C19H27N3O6. The number of nitrogens with zero attached hydrogens (tertiary/aromatic N) is 2. The van der Waals surface area contributed by atoms with Gasteiger partial charge in [-0.1, -0.05) is 0 Å². The number of carbonyl (C=O) groups excluding carboxylic acids is 2. The van der Waals surface area contributed by atoms with E-state index in [-0.39, 0.29) is 40.6 Å². The van der Waals surface area contributed by atoms with Crippen LogP contribution < -0.4 is 14.8 Å². The third kappa shape index (κ3) is 4.90. The highest BCUT2D eigenvalue weighted by Crippen LogP contribution is 2.35. The highest BCUT2D eigenvalue weighted by atomic mass is 16.6. The van der Waals surface area contributed by atoms with E-state index in [1.54, 1.807) is 11.8 Å². The first-order valence-electron chi connectivity index (χ1n) is 9.37. The Morgan fingerprint density at radius 3 is 2.43 bits per heavy atom. The molecular weight excluding hydrogens is 366 g/mol. The zero-order chi connectivity index (χ0) is 20.8. The van der Waals surface area contributed by atoms with Crippen molar-refractivity contribution in [3.63, 3.8) is 0 Å². The lowest BCUT2D eigenvalue weighted by Gasteiger charge is -2.31. The van der Waals surface area contributed by atoms with Crippen LogP contribution in [0.1, 0.15) is 44.0 Å². The molecule has 2 amide bonds. The Morgan fingerprint density at radius 2 is 1.93 bits per heavy atom. The normalized spacial score (nSPS) is 14.7. The molecule has 1 heterocycles. The second-order valence-corrected chi connectivity index (χ2v) is 6.94. The van der Waals surface area contributed by atoms with Crippen LogP contribution in [0.25, 0.3) is 0 Å². The second kappa shape index (κ2) is 9.38. The van der Waals surface area contributed by atoms with Crippen LogP contribution in [-0.2, 0) is 4.79 Å². The summed E-state index contributed by atoms with van der Waals surface area (Å²) in [6.07, 6.45) is 1.04. The summed E-state index contributed by atoms with van der Waals surface area (Å²) < 4.78 is 10.6. The molecule has 154 valence electrons. The predicted molar refractivity (Wildman–Crippen MR) is 103 cm³/mol. The topological polar surface area (TPSA) is 111 Å². The number of methoxy groups -OCH3 is 1. The fourth-order valence-corrected chi connectivity index (χ4v) is 3.22. The van der Waals surface area contributed by atoms with Crippen LogP contribution in [0.4, 0.5) is 5.69 Å². The lowest BCUT2D eigenvalue weighted by atomic mass is 9.95. The molecule has 0 spiro atoms. The SMILES string of the molecule is CCOc1cc(C(=O)N2CCC(C(=O)NC(C)C)CC2)c([N+](=O)[O-])cc1OC. The van der Waals surface area contributed by atoms with Gasteiger partial charge in [-0.15, -0.1) is 0 Å². The average Bonchev–Trinajstić information content (AvgIpc) is 2.66. The minimum absolute atomic E-state index is 0.0174. The fraction of sp³-hybridized carbons (Fsp3) is 0.579. The molecule has 2 rings (SSSR count). The molecule has 1 aliphatic heterocycles. The monoisotopic (exact) mass is 393 g/mol. The molecule has 0 radical (unpaired) electrons. The minimum Gasteiger partial charge on any atom is -0.493 e. The third-order valence-electron chi connectivity index (χ3n) is 4.59. The van der Waals surface area contributed by atoms with E-state index in [9.17, 15) is 19.7 Å². The Hall–Kier alpha value is -2.84. The molecule has 0 aromatic heterocycles. The lowest BCUT2D eigenvalue weighted by Crippen LogP contribution is -2.44. The van der Waals surface area contributed by atoms with Gasteiger partial charge in [0.05, 0.1) is 24.7 Å². The molecule has 9 heteroatoms. The number of piperidine rings is 1. The molecule has 0 bridgehead atoms. The van der Waals surface area contributed by atoms with Crippen molar-refractivity contribution in [3.05, 3.63) is 27.8 Å². The molecule has 1 aromatic rings. The Labute approximate surface area is 164 Å². The molecule has 28 heavy (non-hydrogen) atoms. The molecule has 1 aromatic carbocycles. The van der Waals surface area contributed by atoms with Crippen molar-refractivity contribution in [2.75, 3.05) is 26.8 Å². The first kappa shape index (κ1) is 21.5. The van der Waals surface area contributed by atoms with Crippen molar-refractivity contribution in [3.8, 4) is 11.5 Å². The Kier molecular flexibility index (Phi) is 7.19. The number of carbonyl (C=O) groups is 2. The van der Waals surface area contributed by atoms with Crippen LogP contribution in [0.5, 0.6) is 11.5 Å². The predicted octanol–water partition coefficient (Wildman–Crippen LogP) is 2.38. The number of amides is 2. The van der Waals surface area contributed by atoms with Crippen LogP contribution in [0, 0.1) is 16.0 Å². The van der Waals surface area contributed by atoms with Crippen molar-refractivity contribution < 1.29 is 24.0 Å². The Morgan fingerprint density at radius 1 is 1.29 bits per heavy atom. The molecule has 0 saturated carbocycles. The number of nitrogens with one attached hydrogen (secondary N) is 1. The molecule has 0 aliphatic carbocycles. The van der Waals surface area contributed by atoms with Gasteiger partial charge in [0.2, 0.25) is 5.91 Å². The van der Waals surface area contributed by atoms with Gasteiger partial charge in [0.1, 0.15) is 5.56 Å². The van der Waals surface area contributed by atoms with E-state index in [1.165, 1.54) is 19.2 Å². The third-order valence-corrected chi connectivity index (χ3v) is 4.59. The van der Waals surface area contributed by atoms with E-state index in [2.05, 4.69) is 5.32 Å². The Bertz CT molecular complexity index is 741. The maximum Gasteiger partial charge on any atom is 0.286 e. The zero-order valence-corrected chi connectivity index (χ0v) is 16.7. The number of hydrogen-bond donors (Lipinski definition) is 1. The summed E-state index contributed by atoms with van der Waals surface area (Å²) in [5.74, 6) is -0.134. The summed E-state index contributed by atoms with van der Waals surface area (Å²) in [6, 6.07) is 2.63. The highest BCUT2D eigenvalue weighted by Gasteiger charge is 2.32. The molecule has 9 nitrogen and oxygen atoms in total. The standard InChI is InChI=1S/C19H27N3O6/c1-5-28-17-10-14(15(22(25)26)11-16(17)27-4)19(24)21-8-6-13(7-9-21)18(23)20-12(2)3/h10-13H,5-9H2,1-4H3,(H,20,23). The van der Waals surface area contributed by atoms with Crippen LogP contribution in [0.15, 0.2) is 12.1 Å². The highest BCUT2D eigenvalue weighted by molar-refractivity contribution is 5.99. The average molecular weight is 393 g/mol. The van der Waals surface area contributed by atoms with Crippen molar-refractivity contribution in [2.24, 2.45) is 5.92 Å². The largest absolute Gasteiger partial charge is 0.493 e. The minimum atomic E-state index is -0.603. The van der Waals surface area contributed by atoms with Gasteiger partial charge in [0.15, 0.2) is 11.5 Å². The number of rotatable bonds is 7. The van der Waals surface area contributed by atoms with Crippen molar-refractivity contribution in [2.45, 2.75) is 39.7 Å². The lowest BCUT2D eigenvalue weighted by molar-refractivity contribution is -0.385. The molecule has 0 atom stereocenters. The van der Waals surface area contributed by atoms with Crippen LogP contribution in [0.2, 0.25) is 0 Å².